The van der Waals surface area contributed by atoms with Crippen molar-refractivity contribution in [3.63, 3.8) is 0 Å². The molecule has 4 heterocycles. The molecule has 172 valence electrons. The van der Waals surface area contributed by atoms with Gasteiger partial charge in [0.25, 0.3) is 5.91 Å². The van der Waals surface area contributed by atoms with E-state index in [0.29, 0.717) is 24.1 Å². The topological polar surface area (TPSA) is 99.5 Å². The monoisotopic (exact) mass is 456 g/mol. The molecule has 0 unspecified atom stereocenters. The van der Waals surface area contributed by atoms with Gasteiger partial charge in [-0.25, -0.2) is 9.97 Å². The molecule has 3 aromatic rings. The number of carbonyl (C=O) groups excluding carboxylic acids is 1. The molecule has 1 saturated heterocycles. The number of aromatic nitrogens is 4. The molecule has 1 aliphatic rings. The normalized spacial score (nSPS) is 14.8. The summed E-state index contributed by atoms with van der Waals surface area (Å²) in [5.74, 6) is 2.60. The van der Waals surface area contributed by atoms with Gasteiger partial charge in [-0.2, -0.15) is 9.61 Å². The summed E-state index contributed by atoms with van der Waals surface area (Å²) >= 11 is 1.48. The number of piperidine rings is 1. The predicted octanol–water partition coefficient (Wildman–Crippen LogP) is 3.03. The Bertz CT molecular complexity index is 1070. The first kappa shape index (κ1) is 22.5. The van der Waals surface area contributed by atoms with Gasteiger partial charge in [0.05, 0.1) is 12.7 Å². The number of anilines is 2. The van der Waals surface area contributed by atoms with Gasteiger partial charge in [-0.3, -0.25) is 4.79 Å². The average Bonchev–Trinajstić information content (AvgIpc) is 3.43. The Kier molecular flexibility index (Phi) is 6.90. The van der Waals surface area contributed by atoms with Crippen molar-refractivity contribution in [1.29, 1.82) is 0 Å². The van der Waals surface area contributed by atoms with Gasteiger partial charge in [0.15, 0.2) is 5.65 Å². The van der Waals surface area contributed by atoms with Crippen molar-refractivity contribution in [2.24, 2.45) is 5.92 Å². The molecule has 1 fully saturated rings. The smallest absolute Gasteiger partial charge is 0.272 e. The van der Waals surface area contributed by atoms with Gasteiger partial charge >= 0.3 is 0 Å². The lowest BCUT2D eigenvalue weighted by Gasteiger charge is -2.23. The van der Waals surface area contributed by atoms with Crippen LogP contribution in [0.2, 0.25) is 0 Å². The summed E-state index contributed by atoms with van der Waals surface area (Å²) < 4.78 is 1.85. The van der Waals surface area contributed by atoms with E-state index in [1.165, 1.54) is 29.1 Å². The van der Waals surface area contributed by atoms with E-state index in [4.69, 9.17) is 4.98 Å². The van der Waals surface area contributed by atoms with Crippen molar-refractivity contribution in [2.75, 3.05) is 44.4 Å². The number of thiazole rings is 1. The zero-order chi connectivity index (χ0) is 22.7. The van der Waals surface area contributed by atoms with Gasteiger partial charge < -0.3 is 20.9 Å². The van der Waals surface area contributed by atoms with Gasteiger partial charge in [-0.15, -0.1) is 11.3 Å². The van der Waals surface area contributed by atoms with E-state index in [-0.39, 0.29) is 5.91 Å². The molecule has 3 N–H and O–H groups in total. The minimum atomic E-state index is -0.0862. The van der Waals surface area contributed by atoms with Crippen molar-refractivity contribution in [3.8, 4) is 0 Å². The van der Waals surface area contributed by atoms with Gasteiger partial charge in [-0.05, 0) is 37.8 Å². The number of hydrogen-bond acceptors (Lipinski definition) is 8. The standard InChI is InChI=1S/C22H32N8OS/c1-14(2)16-11-26-30-19(25-12-20-27-17(13-32-20)22(31)29(3)4)9-18(28-21(16)30)24-10-15-5-7-23-8-6-15/h9,11,13-15,23,25H,5-8,10,12H2,1-4H3,(H,24,28). The van der Waals surface area contributed by atoms with Crippen molar-refractivity contribution in [2.45, 2.75) is 39.2 Å². The van der Waals surface area contributed by atoms with Crippen molar-refractivity contribution < 1.29 is 4.79 Å². The zero-order valence-corrected chi connectivity index (χ0v) is 20.0. The molecule has 1 amide bonds. The van der Waals surface area contributed by atoms with E-state index in [1.54, 1.807) is 19.5 Å². The summed E-state index contributed by atoms with van der Waals surface area (Å²) in [7, 11) is 3.46. The number of nitrogens with zero attached hydrogens (tertiary/aromatic N) is 5. The molecule has 0 spiro atoms. The molecule has 4 rings (SSSR count). The molecule has 0 radical (unpaired) electrons. The molecule has 32 heavy (non-hydrogen) atoms. The molecule has 0 aromatic carbocycles. The molecular formula is C22H32N8OS. The Labute approximate surface area is 192 Å². The summed E-state index contributed by atoms with van der Waals surface area (Å²) in [6, 6.07) is 2.00. The number of fused-ring (bicyclic) bond motifs is 1. The zero-order valence-electron chi connectivity index (χ0n) is 19.2. The first-order valence-electron chi connectivity index (χ1n) is 11.2. The maximum absolute atomic E-state index is 12.1. The first-order valence-corrected chi connectivity index (χ1v) is 12.0. The number of nitrogens with one attached hydrogen (secondary N) is 3. The van der Waals surface area contributed by atoms with Crippen molar-refractivity contribution in [1.82, 2.24) is 29.8 Å². The van der Waals surface area contributed by atoms with E-state index in [0.717, 1.165) is 47.5 Å². The second kappa shape index (κ2) is 9.83. The Morgan fingerprint density at radius 1 is 1.28 bits per heavy atom. The highest BCUT2D eigenvalue weighted by Crippen LogP contribution is 2.25. The van der Waals surface area contributed by atoms with Crippen molar-refractivity contribution >= 4 is 34.5 Å². The average molecular weight is 457 g/mol. The van der Waals surface area contributed by atoms with Crippen LogP contribution in [0, 0.1) is 5.92 Å². The van der Waals surface area contributed by atoms with Gasteiger partial charge in [0.1, 0.15) is 22.3 Å². The number of carbonyl (C=O) groups is 1. The van der Waals surface area contributed by atoms with E-state index in [2.05, 4.69) is 39.9 Å². The number of hydrogen-bond donors (Lipinski definition) is 3. The van der Waals surface area contributed by atoms with E-state index < -0.39 is 0 Å². The summed E-state index contributed by atoms with van der Waals surface area (Å²) in [6.07, 6.45) is 4.26. The molecule has 0 bridgehead atoms. The van der Waals surface area contributed by atoms with Crippen LogP contribution < -0.4 is 16.0 Å². The molecule has 3 aromatic heterocycles. The molecule has 0 atom stereocenters. The number of rotatable bonds is 8. The quantitative estimate of drug-likeness (QED) is 0.479. The van der Waals surface area contributed by atoms with Crippen LogP contribution in [-0.4, -0.2) is 64.1 Å². The summed E-state index contributed by atoms with van der Waals surface area (Å²) in [4.78, 5) is 23.0. The largest absolute Gasteiger partial charge is 0.370 e. The van der Waals surface area contributed by atoms with Crippen molar-refractivity contribution in [3.05, 3.63) is 33.9 Å². The predicted molar refractivity (Wildman–Crippen MR) is 129 cm³/mol. The summed E-state index contributed by atoms with van der Waals surface area (Å²) in [6.45, 7) is 7.89. The molecule has 9 nitrogen and oxygen atoms in total. The fourth-order valence-electron chi connectivity index (χ4n) is 3.82. The van der Waals surface area contributed by atoms with Gasteiger partial charge in [-0.1, -0.05) is 13.8 Å². The molecule has 0 aliphatic carbocycles. The van der Waals surface area contributed by atoms with Crippen LogP contribution >= 0.6 is 11.3 Å². The molecular weight excluding hydrogens is 424 g/mol. The lowest BCUT2D eigenvalue weighted by atomic mass is 9.98. The van der Waals surface area contributed by atoms with Crippen LogP contribution in [0.4, 0.5) is 11.6 Å². The maximum Gasteiger partial charge on any atom is 0.272 e. The van der Waals surface area contributed by atoms with Gasteiger partial charge in [0, 0.05) is 37.6 Å². The summed E-state index contributed by atoms with van der Waals surface area (Å²) in [5.41, 5.74) is 2.45. The second-order valence-corrected chi connectivity index (χ2v) is 9.71. The minimum absolute atomic E-state index is 0.0862. The fraction of sp³-hybridized carbons (Fsp3) is 0.545. The van der Waals surface area contributed by atoms with Crippen LogP contribution in [-0.2, 0) is 6.54 Å². The SMILES string of the molecule is CC(C)c1cnn2c(NCc3nc(C(=O)N(C)C)cs3)cc(NCC3CCNCC3)nc12. The highest BCUT2D eigenvalue weighted by Gasteiger charge is 2.17. The highest BCUT2D eigenvalue weighted by atomic mass is 32.1. The van der Waals surface area contributed by atoms with E-state index in [9.17, 15) is 4.79 Å². The first-order chi connectivity index (χ1) is 15.4. The fourth-order valence-corrected chi connectivity index (χ4v) is 4.53. The Morgan fingerprint density at radius 2 is 2.06 bits per heavy atom. The van der Waals surface area contributed by atoms with E-state index in [1.807, 2.05) is 16.8 Å². The molecule has 1 aliphatic heterocycles. The second-order valence-electron chi connectivity index (χ2n) is 8.77. The third-order valence-electron chi connectivity index (χ3n) is 5.75. The van der Waals surface area contributed by atoms with Crippen LogP contribution in [0.5, 0.6) is 0 Å². The highest BCUT2D eigenvalue weighted by molar-refractivity contribution is 7.09. The molecule has 10 heteroatoms. The number of amides is 1. The van der Waals surface area contributed by atoms with Gasteiger partial charge in [0.2, 0.25) is 0 Å². The molecule has 0 saturated carbocycles. The lowest BCUT2D eigenvalue weighted by molar-refractivity contribution is 0.0822. The van der Waals surface area contributed by atoms with Crippen LogP contribution in [0.3, 0.4) is 0 Å². The lowest BCUT2D eigenvalue weighted by Crippen LogP contribution is -2.31. The Balaban J connectivity index is 1.54. The summed E-state index contributed by atoms with van der Waals surface area (Å²) in [5, 5.41) is 17.6. The maximum atomic E-state index is 12.1. The van der Waals surface area contributed by atoms with Crippen LogP contribution in [0.1, 0.15) is 53.7 Å². The van der Waals surface area contributed by atoms with Crippen LogP contribution in [0.25, 0.3) is 5.65 Å². The Morgan fingerprint density at radius 3 is 2.78 bits per heavy atom. The van der Waals surface area contributed by atoms with Crippen LogP contribution in [0.15, 0.2) is 17.6 Å². The minimum Gasteiger partial charge on any atom is -0.370 e. The Hall–Kier alpha value is -2.72. The third-order valence-corrected chi connectivity index (χ3v) is 6.60. The van der Waals surface area contributed by atoms with E-state index >= 15 is 0 Å². The third kappa shape index (κ3) is 5.02.